The van der Waals surface area contributed by atoms with Gasteiger partial charge in [0.25, 0.3) is 0 Å². The Labute approximate surface area is 139 Å². The molecule has 1 N–H and O–H groups in total. The fourth-order valence-electron chi connectivity index (χ4n) is 3.15. The van der Waals surface area contributed by atoms with Gasteiger partial charge in [0.1, 0.15) is 5.78 Å². The lowest BCUT2D eigenvalue weighted by molar-refractivity contribution is -0.122. The third-order valence-electron chi connectivity index (χ3n) is 4.76. The van der Waals surface area contributed by atoms with Crippen LogP contribution in [0.15, 0.2) is 0 Å². The molecular formula is C20H40O2. The van der Waals surface area contributed by atoms with Gasteiger partial charge in [-0.2, -0.15) is 0 Å². The van der Waals surface area contributed by atoms with Gasteiger partial charge in [0.2, 0.25) is 0 Å². The van der Waals surface area contributed by atoms with Gasteiger partial charge in [0, 0.05) is 18.9 Å². The molecule has 0 rings (SSSR count). The molecule has 0 heterocycles. The lowest BCUT2D eigenvalue weighted by Crippen LogP contribution is -2.12. The van der Waals surface area contributed by atoms with Crippen LogP contribution < -0.4 is 0 Å². The molecule has 2 heteroatoms. The average Bonchev–Trinajstić information content (AvgIpc) is 2.54. The van der Waals surface area contributed by atoms with Crippen molar-refractivity contribution in [2.75, 3.05) is 6.61 Å². The highest BCUT2D eigenvalue weighted by Gasteiger charge is 2.13. The van der Waals surface area contributed by atoms with Crippen LogP contribution in [0, 0.1) is 5.92 Å². The van der Waals surface area contributed by atoms with Gasteiger partial charge in [-0.15, -0.1) is 0 Å². The fraction of sp³-hybridized carbons (Fsp3) is 0.950. The van der Waals surface area contributed by atoms with Crippen molar-refractivity contribution in [3.8, 4) is 0 Å². The SMILES string of the molecule is CCC(=O)C(CC)CCCCCCCCCCCCCCO. The Bertz CT molecular complexity index is 238. The number of hydrogen-bond acceptors (Lipinski definition) is 2. The Balaban J connectivity index is 3.21. The summed E-state index contributed by atoms with van der Waals surface area (Å²) in [7, 11) is 0. The summed E-state index contributed by atoms with van der Waals surface area (Å²) in [6.07, 6.45) is 18.4. The molecule has 0 aromatic carbocycles. The number of hydrogen-bond donors (Lipinski definition) is 1. The molecule has 132 valence electrons. The fourth-order valence-corrected chi connectivity index (χ4v) is 3.15. The second kappa shape index (κ2) is 17.0. The van der Waals surface area contributed by atoms with Crippen LogP contribution in [0.5, 0.6) is 0 Å². The van der Waals surface area contributed by atoms with Crippen LogP contribution in [0.25, 0.3) is 0 Å². The normalized spacial score (nSPS) is 12.5. The van der Waals surface area contributed by atoms with Crippen LogP contribution in [0.4, 0.5) is 0 Å². The first-order chi connectivity index (χ1) is 10.8. The summed E-state index contributed by atoms with van der Waals surface area (Å²) in [5.74, 6) is 0.789. The highest BCUT2D eigenvalue weighted by molar-refractivity contribution is 5.80. The van der Waals surface area contributed by atoms with E-state index in [4.69, 9.17) is 5.11 Å². The van der Waals surface area contributed by atoms with Crippen molar-refractivity contribution in [2.45, 2.75) is 110 Å². The number of carbonyl (C=O) groups is 1. The van der Waals surface area contributed by atoms with Crippen molar-refractivity contribution in [3.63, 3.8) is 0 Å². The monoisotopic (exact) mass is 312 g/mol. The van der Waals surface area contributed by atoms with Gasteiger partial charge in [0.15, 0.2) is 0 Å². The molecule has 0 bridgehead atoms. The quantitative estimate of drug-likeness (QED) is 0.332. The Hall–Kier alpha value is -0.370. The number of aliphatic hydroxyl groups excluding tert-OH is 1. The first-order valence-corrected chi connectivity index (χ1v) is 9.89. The smallest absolute Gasteiger partial charge is 0.135 e. The number of Topliss-reactive ketones (excluding diaryl/α,β-unsaturated/α-hetero) is 1. The second-order valence-electron chi connectivity index (χ2n) is 6.68. The van der Waals surface area contributed by atoms with E-state index >= 15 is 0 Å². The number of carbonyl (C=O) groups excluding carboxylic acids is 1. The largest absolute Gasteiger partial charge is 0.396 e. The van der Waals surface area contributed by atoms with E-state index in [0.29, 0.717) is 24.7 Å². The molecule has 0 aliphatic rings. The van der Waals surface area contributed by atoms with Gasteiger partial charge < -0.3 is 5.11 Å². The number of rotatable bonds is 17. The molecule has 0 amide bonds. The Morgan fingerprint density at radius 2 is 1.14 bits per heavy atom. The third-order valence-corrected chi connectivity index (χ3v) is 4.76. The van der Waals surface area contributed by atoms with Crippen LogP contribution in [0.3, 0.4) is 0 Å². The zero-order valence-corrected chi connectivity index (χ0v) is 15.2. The maximum Gasteiger partial charge on any atom is 0.135 e. The van der Waals surface area contributed by atoms with Gasteiger partial charge in [-0.3, -0.25) is 4.79 Å². The predicted molar refractivity (Wildman–Crippen MR) is 96.2 cm³/mol. The summed E-state index contributed by atoms with van der Waals surface area (Å²) >= 11 is 0. The van der Waals surface area contributed by atoms with E-state index < -0.39 is 0 Å². The van der Waals surface area contributed by atoms with Crippen molar-refractivity contribution in [1.29, 1.82) is 0 Å². The Kier molecular flexibility index (Phi) is 16.7. The molecule has 0 aromatic rings. The van der Waals surface area contributed by atoms with Gasteiger partial charge >= 0.3 is 0 Å². The van der Waals surface area contributed by atoms with E-state index in [2.05, 4.69) is 6.92 Å². The molecule has 0 radical (unpaired) electrons. The highest BCUT2D eigenvalue weighted by atomic mass is 16.2. The number of unbranched alkanes of at least 4 members (excludes halogenated alkanes) is 11. The van der Waals surface area contributed by atoms with E-state index in [0.717, 1.165) is 19.3 Å². The molecule has 0 aliphatic carbocycles. The lowest BCUT2D eigenvalue weighted by Gasteiger charge is -2.12. The van der Waals surface area contributed by atoms with Gasteiger partial charge in [0.05, 0.1) is 0 Å². The summed E-state index contributed by atoms with van der Waals surface area (Å²) < 4.78 is 0. The van der Waals surface area contributed by atoms with E-state index in [-0.39, 0.29) is 0 Å². The van der Waals surface area contributed by atoms with Crippen LogP contribution in [-0.4, -0.2) is 17.5 Å². The van der Waals surface area contributed by atoms with Crippen LogP contribution in [-0.2, 0) is 4.79 Å². The predicted octanol–water partition coefficient (Wildman–Crippen LogP) is 6.06. The van der Waals surface area contributed by atoms with Crippen molar-refractivity contribution >= 4 is 5.78 Å². The lowest BCUT2D eigenvalue weighted by atomic mass is 9.92. The molecule has 0 saturated heterocycles. The summed E-state index contributed by atoms with van der Waals surface area (Å²) in [5.41, 5.74) is 0. The first kappa shape index (κ1) is 21.6. The Morgan fingerprint density at radius 3 is 1.50 bits per heavy atom. The van der Waals surface area contributed by atoms with Crippen molar-refractivity contribution < 1.29 is 9.90 Å². The molecular weight excluding hydrogens is 272 g/mol. The van der Waals surface area contributed by atoms with E-state index in [1.165, 1.54) is 70.6 Å². The molecule has 2 nitrogen and oxygen atoms in total. The van der Waals surface area contributed by atoms with Crippen LogP contribution >= 0.6 is 0 Å². The zero-order chi connectivity index (χ0) is 16.5. The molecule has 0 aromatic heterocycles. The summed E-state index contributed by atoms with van der Waals surface area (Å²) in [5, 5.41) is 8.70. The van der Waals surface area contributed by atoms with Gasteiger partial charge in [-0.1, -0.05) is 84.5 Å². The molecule has 0 spiro atoms. The van der Waals surface area contributed by atoms with Crippen LogP contribution in [0.2, 0.25) is 0 Å². The summed E-state index contributed by atoms with van der Waals surface area (Å²) in [6, 6.07) is 0. The maximum absolute atomic E-state index is 11.7. The second-order valence-corrected chi connectivity index (χ2v) is 6.68. The minimum Gasteiger partial charge on any atom is -0.396 e. The van der Waals surface area contributed by atoms with E-state index in [1.54, 1.807) is 0 Å². The number of aliphatic hydroxyl groups is 1. The van der Waals surface area contributed by atoms with E-state index in [1.807, 2.05) is 6.92 Å². The number of ketones is 1. The highest BCUT2D eigenvalue weighted by Crippen LogP contribution is 2.17. The van der Waals surface area contributed by atoms with Crippen molar-refractivity contribution in [2.24, 2.45) is 5.92 Å². The molecule has 0 aliphatic heterocycles. The molecule has 1 atom stereocenters. The Morgan fingerprint density at radius 1 is 0.727 bits per heavy atom. The molecule has 0 fully saturated rings. The maximum atomic E-state index is 11.7. The van der Waals surface area contributed by atoms with Crippen molar-refractivity contribution in [1.82, 2.24) is 0 Å². The molecule has 0 saturated carbocycles. The first-order valence-electron chi connectivity index (χ1n) is 9.89. The standard InChI is InChI=1S/C20H40O2/c1-3-19(20(22)4-2)17-15-13-11-9-7-5-6-8-10-12-14-16-18-21/h19,21H,3-18H2,1-2H3. The van der Waals surface area contributed by atoms with E-state index in [9.17, 15) is 4.79 Å². The topological polar surface area (TPSA) is 37.3 Å². The van der Waals surface area contributed by atoms with Gasteiger partial charge in [-0.05, 0) is 19.3 Å². The zero-order valence-electron chi connectivity index (χ0n) is 15.2. The molecule has 1 unspecified atom stereocenters. The van der Waals surface area contributed by atoms with Crippen LogP contribution in [0.1, 0.15) is 110 Å². The summed E-state index contributed by atoms with van der Waals surface area (Å²) in [4.78, 5) is 11.7. The van der Waals surface area contributed by atoms with Gasteiger partial charge in [-0.25, -0.2) is 0 Å². The summed E-state index contributed by atoms with van der Waals surface area (Å²) in [6.45, 7) is 4.48. The minimum atomic E-state index is 0.329. The van der Waals surface area contributed by atoms with Crippen molar-refractivity contribution in [3.05, 3.63) is 0 Å². The average molecular weight is 313 g/mol. The third kappa shape index (κ3) is 13.3. The molecule has 22 heavy (non-hydrogen) atoms. The minimum absolute atomic E-state index is 0.329.